The van der Waals surface area contributed by atoms with Gasteiger partial charge in [-0.05, 0) is 41.3 Å². The highest BCUT2D eigenvalue weighted by atomic mass is 79.9. The van der Waals surface area contributed by atoms with Crippen molar-refractivity contribution in [2.75, 3.05) is 0 Å². The lowest BCUT2D eigenvalue weighted by Gasteiger charge is -2.13. The van der Waals surface area contributed by atoms with Gasteiger partial charge in [0.1, 0.15) is 0 Å². The molecule has 0 aliphatic carbocycles. The van der Waals surface area contributed by atoms with Crippen molar-refractivity contribution in [1.29, 1.82) is 0 Å². The van der Waals surface area contributed by atoms with Crippen molar-refractivity contribution in [3.8, 4) is 22.3 Å². The van der Waals surface area contributed by atoms with Gasteiger partial charge in [0.05, 0.1) is 22.4 Å². The summed E-state index contributed by atoms with van der Waals surface area (Å²) >= 11 is 3.51. The molecule has 3 aromatic carbocycles. The highest BCUT2D eigenvalue weighted by Crippen LogP contribution is 2.35. The Hall–Kier alpha value is -2.52. The molecule has 0 atom stereocenters. The number of benzene rings is 3. The van der Waals surface area contributed by atoms with Crippen LogP contribution in [0, 0.1) is 6.92 Å². The van der Waals surface area contributed by atoms with E-state index in [-0.39, 0.29) is 0 Å². The third-order valence-corrected chi connectivity index (χ3v) is 4.90. The maximum absolute atomic E-state index is 4.80. The Bertz CT molecular complexity index is 1030. The molecule has 0 saturated carbocycles. The van der Waals surface area contributed by atoms with Crippen LogP contribution in [0.1, 0.15) is 11.4 Å². The summed E-state index contributed by atoms with van der Waals surface area (Å²) in [4.78, 5) is 9.58. The van der Waals surface area contributed by atoms with E-state index in [2.05, 4.69) is 76.6 Å². The van der Waals surface area contributed by atoms with E-state index < -0.39 is 0 Å². The first-order valence-corrected chi connectivity index (χ1v) is 9.36. The Morgan fingerprint density at radius 2 is 1.20 bits per heavy atom. The number of nitrogens with zero attached hydrogens (tertiary/aromatic N) is 2. The van der Waals surface area contributed by atoms with E-state index in [0.29, 0.717) is 5.33 Å². The van der Waals surface area contributed by atoms with Crippen LogP contribution in [0.4, 0.5) is 0 Å². The zero-order chi connectivity index (χ0) is 17.2. The van der Waals surface area contributed by atoms with Crippen molar-refractivity contribution in [3.63, 3.8) is 0 Å². The van der Waals surface area contributed by atoms with Gasteiger partial charge in [0, 0.05) is 5.33 Å². The standard InChI is InChI=1S/C22H17BrN2/c1-15-22(14-23)25-21-13-19(17-10-6-3-7-11-17)18(12-20(21)24-15)16-8-4-2-5-9-16/h2-13H,14H2,1H3. The van der Waals surface area contributed by atoms with Crippen molar-refractivity contribution in [2.45, 2.75) is 12.3 Å². The predicted molar refractivity (Wildman–Crippen MR) is 108 cm³/mol. The van der Waals surface area contributed by atoms with Gasteiger partial charge in [0.15, 0.2) is 0 Å². The van der Waals surface area contributed by atoms with E-state index in [0.717, 1.165) is 22.4 Å². The zero-order valence-corrected chi connectivity index (χ0v) is 15.5. The minimum Gasteiger partial charge on any atom is -0.250 e. The van der Waals surface area contributed by atoms with Crippen LogP contribution < -0.4 is 0 Å². The Labute approximate surface area is 155 Å². The molecular formula is C22H17BrN2. The second kappa shape index (κ2) is 6.77. The van der Waals surface area contributed by atoms with Gasteiger partial charge in [-0.1, -0.05) is 76.6 Å². The molecule has 122 valence electrons. The first-order valence-electron chi connectivity index (χ1n) is 8.24. The SMILES string of the molecule is Cc1nc2cc(-c3ccccc3)c(-c3ccccc3)cc2nc1CBr. The van der Waals surface area contributed by atoms with Crippen LogP contribution in [0.2, 0.25) is 0 Å². The summed E-state index contributed by atoms with van der Waals surface area (Å²) in [7, 11) is 0. The summed E-state index contributed by atoms with van der Waals surface area (Å²) in [6.45, 7) is 2.01. The van der Waals surface area contributed by atoms with Crippen LogP contribution in [-0.4, -0.2) is 9.97 Å². The van der Waals surface area contributed by atoms with Crippen LogP contribution in [-0.2, 0) is 5.33 Å². The van der Waals surface area contributed by atoms with Gasteiger partial charge in [0.2, 0.25) is 0 Å². The average molecular weight is 389 g/mol. The predicted octanol–water partition coefficient (Wildman–Crippen LogP) is 6.17. The van der Waals surface area contributed by atoms with Gasteiger partial charge in [-0.3, -0.25) is 0 Å². The van der Waals surface area contributed by atoms with Crippen molar-refractivity contribution in [3.05, 3.63) is 84.2 Å². The summed E-state index contributed by atoms with van der Waals surface area (Å²) < 4.78 is 0. The summed E-state index contributed by atoms with van der Waals surface area (Å²) in [6.07, 6.45) is 0. The molecule has 0 unspecified atom stereocenters. The van der Waals surface area contributed by atoms with E-state index in [9.17, 15) is 0 Å². The first-order chi connectivity index (χ1) is 12.3. The molecule has 0 aliphatic heterocycles. The number of hydrogen-bond donors (Lipinski definition) is 0. The molecule has 0 fully saturated rings. The molecule has 0 spiro atoms. The first kappa shape index (κ1) is 16.0. The van der Waals surface area contributed by atoms with Gasteiger partial charge < -0.3 is 0 Å². The maximum Gasteiger partial charge on any atom is 0.0897 e. The third kappa shape index (κ3) is 3.08. The van der Waals surface area contributed by atoms with Crippen LogP contribution >= 0.6 is 15.9 Å². The zero-order valence-electron chi connectivity index (χ0n) is 13.9. The lowest BCUT2D eigenvalue weighted by atomic mass is 9.93. The van der Waals surface area contributed by atoms with E-state index in [1.54, 1.807) is 0 Å². The normalized spacial score (nSPS) is 11.0. The van der Waals surface area contributed by atoms with Gasteiger partial charge in [-0.25, -0.2) is 9.97 Å². The monoisotopic (exact) mass is 388 g/mol. The molecule has 1 heterocycles. The molecule has 3 heteroatoms. The van der Waals surface area contributed by atoms with Crippen LogP contribution in [0.25, 0.3) is 33.3 Å². The van der Waals surface area contributed by atoms with Crippen molar-refractivity contribution in [2.24, 2.45) is 0 Å². The fraction of sp³-hybridized carbons (Fsp3) is 0.0909. The minimum atomic E-state index is 0.711. The van der Waals surface area contributed by atoms with Gasteiger partial charge in [0.25, 0.3) is 0 Å². The van der Waals surface area contributed by atoms with E-state index in [1.165, 1.54) is 22.3 Å². The Kier molecular flexibility index (Phi) is 4.33. The summed E-state index contributed by atoms with van der Waals surface area (Å²) in [6, 6.07) is 25.2. The van der Waals surface area contributed by atoms with Gasteiger partial charge >= 0.3 is 0 Å². The van der Waals surface area contributed by atoms with E-state index >= 15 is 0 Å². The van der Waals surface area contributed by atoms with Gasteiger partial charge in [-0.15, -0.1) is 0 Å². The van der Waals surface area contributed by atoms with E-state index in [1.807, 2.05) is 19.1 Å². The molecule has 4 aromatic rings. The summed E-state index contributed by atoms with van der Waals surface area (Å²) in [5, 5.41) is 0.711. The Morgan fingerprint density at radius 1 is 0.720 bits per heavy atom. The molecule has 0 saturated heterocycles. The number of halogens is 1. The maximum atomic E-state index is 4.80. The number of alkyl halides is 1. The highest BCUT2D eigenvalue weighted by Gasteiger charge is 2.12. The fourth-order valence-corrected chi connectivity index (χ4v) is 3.60. The Morgan fingerprint density at radius 3 is 1.68 bits per heavy atom. The van der Waals surface area contributed by atoms with Crippen molar-refractivity contribution < 1.29 is 0 Å². The molecule has 2 nitrogen and oxygen atoms in total. The molecule has 0 aliphatic rings. The third-order valence-electron chi connectivity index (χ3n) is 4.37. The van der Waals surface area contributed by atoms with Gasteiger partial charge in [-0.2, -0.15) is 0 Å². The number of hydrogen-bond acceptors (Lipinski definition) is 2. The topological polar surface area (TPSA) is 25.8 Å². The second-order valence-corrected chi connectivity index (χ2v) is 6.57. The quantitative estimate of drug-likeness (QED) is 0.392. The molecule has 4 rings (SSSR count). The Balaban J connectivity index is 2.04. The number of fused-ring (bicyclic) bond motifs is 1. The number of rotatable bonds is 3. The van der Waals surface area contributed by atoms with E-state index in [4.69, 9.17) is 9.97 Å². The molecule has 0 radical (unpaired) electrons. The summed E-state index contributed by atoms with van der Waals surface area (Å²) in [5.74, 6) is 0. The lowest BCUT2D eigenvalue weighted by Crippen LogP contribution is -1.97. The van der Waals surface area contributed by atoms with Crippen LogP contribution in [0.5, 0.6) is 0 Å². The van der Waals surface area contributed by atoms with Crippen molar-refractivity contribution >= 4 is 27.0 Å². The average Bonchev–Trinajstić information content (AvgIpc) is 2.68. The molecule has 0 N–H and O–H groups in total. The fourth-order valence-electron chi connectivity index (χ4n) is 3.07. The van der Waals surface area contributed by atoms with Crippen LogP contribution in [0.3, 0.4) is 0 Å². The molecule has 0 bridgehead atoms. The lowest BCUT2D eigenvalue weighted by molar-refractivity contribution is 1.09. The minimum absolute atomic E-state index is 0.711. The molecular weight excluding hydrogens is 372 g/mol. The van der Waals surface area contributed by atoms with Crippen molar-refractivity contribution in [1.82, 2.24) is 9.97 Å². The second-order valence-electron chi connectivity index (χ2n) is 6.01. The summed E-state index contributed by atoms with van der Waals surface area (Å²) in [5.41, 5.74) is 8.55. The smallest absolute Gasteiger partial charge is 0.0897 e. The number of aryl methyl sites for hydroxylation is 1. The van der Waals surface area contributed by atoms with Crippen LogP contribution in [0.15, 0.2) is 72.8 Å². The largest absolute Gasteiger partial charge is 0.250 e. The number of aromatic nitrogens is 2. The molecule has 25 heavy (non-hydrogen) atoms. The highest BCUT2D eigenvalue weighted by molar-refractivity contribution is 9.08. The molecule has 1 aromatic heterocycles. The molecule has 0 amide bonds.